The maximum absolute atomic E-state index is 6.08. The molecule has 5 rings (SSSR count). The largest absolute Gasteiger partial charge is 0.494 e. The van der Waals surface area contributed by atoms with Crippen LogP contribution in [0.3, 0.4) is 0 Å². The van der Waals surface area contributed by atoms with Crippen LogP contribution in [0, 0.1) is 0 Å². The highest BCUT2D eigenvalue weighted by Gasteiger charge is 2.15. The first-order valence-electron chi connectivity index (χ1n) is 10.2. The molecule has 0 atom stereocenters. The molecule has 2 heterocycles. The van der Waals surface area contributed by atoms with Crippen molar-refractivity contribution < 1.29 is 9.15 Å². The van der Waals surface area contributed by atoms with Crippen LogP contribution in [0.4, 0.5) is 5.69 Å². The number of fused-ring (bicyclic) bond motifs is 1. The van der Waals surface area contributed by atoms with Crippen molar-refractivity contribution >= 4 is 22.9 Å². The van der Waals surface area contributed by atoms with Crippen LogP contribution in [-0.4, -0.2) is 22.6 Å². The van der Waals surface area contributed by atoms with E-state index >= 15 is 0 Å². The average Bonchev–Trinajstić information content (AvgIpc) is 3.43. The second-order valence-corrected chi connectivity index (χ2v) is 7.05. The smallest absolute Gasteiger partial charge is 0.156 e. The van der Waals surface area contributed by atoms with Crippen LogP contribution in [0.25, 0.3) is 28.1 Å². The minimum absolute atomic E-state index is 0.641. The van der Waals surface area contributed by atoms with Gasteiger partial charge < -0.3 is 9.15 Å². The Kier molecular flexibility index (Phi) is 5.07. The summed E-state index contributed by atoms with van der Waals surface area (Å²) in [5.41, 5.74) is 4.26. The van der Waals surface area contributed by atoms with Crippen LogP contribution in [0.5, 0.6) is 5.75 Å². The molecule has 0 N–H and O–H groups in total. The fourth-order valence-electron chi connectivity index (χ4n) is 3.42. The monoisotopic (exact) mass is 407 g/mol. The van der Waals surface area contributed by atoms with Gasteiger partial charge in [0, 0.05) is 23.4 Å². The summed E-state index contributed by atoms with van der Waals surface area (Å²) in [5.74, 6) is 1.55. The molecule has 0 aliphatic rings. The third-order valence-electron chi connectivity index (χ3n) is 4.92. The lowest BCUT2D eigenvalue weighted by Crippen LogP contribution is -1.93. The van der Waals surface area contributed by atoms with Crippen LogP contribution in [0.15, 0.2) is 101 Å². The van der Waals surface area contributed by atoms with Crippen LogP contribution in [0.1, 0.15) is 12.5 Å². The molecule has 0 saturated heterocycles. The molecule has 3 aromatic carbocycles. The molecule has 0 spiro atoms. The van der Waals surface area contributed by atoms with Crippen molar-refractivity contribution in [3.05, 3.63) is 96.7 Å². The second-order valence-electron chi connectivity index (χ2n) is 7.05. The summed E-state index contributed by atoms with van der Waals surface area (Å²) in [6.07, 6.45) is 3.79. The molecule has 0 aliphatic heterocycles. The number of rotatable bonds is 6. The van der Waals surface area contributed by atoms with Crippen LogP contribution < -0.4 is 4.74 Å². The summed E-state index contributed by atoms with van der Waals surface area (Å²) >= 11 is 0. The van der Waals surface area contributed by atoms with Crippen LogP contribution >= 0.6 is 0 Å². The second kappa shape index (κ2) is 8.32. The van der Waals surface area contributed by atoms with Gasteiger partial charge in [-0.25, -0.2) is 4.68 Å². The Morgan fingerprint density at radius 1 is 0.968 bits per heavy atom. The first-order chi connectivity index (χ1) is 15.3. The Hall–Kier alpha value is -4.12. The summed E-state index contributed by atoms with van der Waals surface area (Å²) in [6.45, 7) is 2.61. The lowest BCUT2D eigenvalue weighted by molar-refractivity contribution is 0.340. The maximum Gasteiger partial charge on any atom is 0.156 e. The van der Waals surface area contributed by atoms with Crippen LogP contribution in [0.2, 0.25) is 0 Å². The van der Waals surface area contributed by atoms with Gasteiger partial charge in [-0.3, -0.25) is 4.99 Å². The highest BCUT2D eigenvalue weighted by atomic mass is 16.5. The Balaban J connectivity index is 1.55. The van der Waals surface area contributed by atoms with Gasteiger partial charge in [0.2, 0.25) is 0 Å². The van der Waals surface area contributed by atoms with E-state index in [1.165, 1.54) is 0 Å². The summed E-state index contributed by atoms with van der Waals surface area (Å²) in [6, 6.07) is 27.7. The number of furan rings is 1. The molecule has 0 saturated carbocycles. The molecule has 5 heteroatoms. The van der Waals surface area contributed by atoms with E-state index in [1.54, 1.807) is 0 Å². The number of aliphatic imine (C=N–C) groups is 1. The van der Waals surface area contributed by atoms with E-state index in [9.17, 15) is 0 Å². The molecule has 0 aliphatic carbocycles. The number of benzene rings is 3. The van der Waals surface area contributed by atoms with E-state index in [-0.39, 0.29) is 0 Å². The quantitative estimate of drug-likeness (QED) is 0.305. The fourth-order valence-corrected chi connectivity index (χ4v) is 3.42. The molecular formula is C26H21N3O2. The highest BCUT2D eigenvalue weighted by Crippen LogP contribution is 2.29. The molecule has 0 bridgehead atoms. The summed E-state index contributed by atoms with van der Waals surface area (Å²) < 4.78 is 13.4. The Bertz CT molecular complexity index is 1300. The molecule has 5 nitrogen and oxygen atoms in total. The van der Waals surface area contributed by atoms with Gasteiger partial charge in [0.1, 0.15) is 17.0 Å². The first kappa shape index (κ1) is 18.9. The van der Waals surface area contributed by atoms with Crippen molar-refractivity contribution in [2.45, 2.75) is 6.92 Å². The van der Waals surface area contributed by atoms with Crippen molar-refractivity contribution in [3.63, 3.8) is 0 Å². The van der Waals surface area contributed by atoms with E-state index in [1.807, 2.05) is 109 Å². The summed E-state index contributed by atoms with van der Waals surface area (Å²) in [7, 11) is 0. The molecular weight excluding hydrogens is 386 g/mol. The minimum atomic E-state index is 0.641. The molecule has 0 fully saturated rings. The predicted octanol–water partition coefficient (Wildman–Crippen LogP) is 6.43. The molecule has 0 amide bonds. The Morgan fingerprint density at radius 3 is 2.52 bits per heavy atom. The predicted molar refractivity (Wildman–Crippen MR) is 124 cm³/mol. The number of para-hydroxylation sites is 2. The summed E-state index contributed by atoms with van der Waals surface area (Å²) in [4.78, 5) is 4.65. The lowest BCUT2D eigenvalue weighted by atomic mass is 10.2. The fraction of sp³-hybridized carbons (Fsp3) is 0.0769. The zero-order valence-electron chi connectivity index (χ0n) is 17.1. The van der Waals surface area contributed by atoms with Gasteiger partial charge in [-0.1, -0.05) is 36.4 Å². The van der Waals surface area contributed by atoms with Crippen molar-refractivity contribution in [2.75, 3.05) is 6.61 Å². The highest BCUT2D eigenvalue weighted by molar-refractivity contribution is 5.91. The van der Waals surface area contributed by atoms with E-state index in [0.29, 0.717) is 12.4 Å². The van der Waals surface area contributed by atoms with Crippen molar-refractivity contribution in [2.24, 2.45) is 4.99 Å². The van der Waals surface area contributed by atoms with Gasteiger partial charge in [-0.15, -0.1) is 0 Å². The number of aromatic nitrogens is 2. The SMILES string of the molecule is CCOc1ccc(N=Cc2cn(-c3ccccc3)nc2-c2cc3ccccc3o2)cc1. The van der Waals surface area contributed by atoms with Gasteiger partial charge in [0.05, 0.1) is 18.0 Å². The maximum atomic E-state index is 6.08. The number of hydrogen-bond donors (Lipinski definition) is 0. The third kappa shape index (κ3) is 3.98. The molecule has 0 radical (unpaired) electrons. The Labute approximate surface area is 180 Å². The topological polar surface area (TPSA) is 52.5 Å². The van der Waals surface area contributed by atoms with Gasteiger partial charge in [-0.05, 0) is 55.5 Å². The summed E-state index contributed by atoms with van der Waals surface area (Å²) in [5, 5.41) is 5.85. The lowest BCUT2D eigenvalue weighted by Gasteiger charge is -2.01. The van der Waals surface area contributed by atoms with E-state index in [2.05, 4.69) is 4.99 Å². The zero-order chi connectivity index (χ0) is 21.0. The number of hydrogen-bond acceptors (Lipinski definition) is 4. The zero-order valence-corrected chi connectivity index (χ0v) is 17.1. The van der Waals surface area contributed by atoms with Crippen molar-refractivity contribution in [1.29, 1.82) is 0 Å². The van der Waals surface area contributed by atoms with Gasteiger partial charge in [-0.2, -0.15) is 5.10 Å². The molecule has 0 unspecified atom stereocenters. The van der Waals surface area contributed by atoms with Gasteiger partial charge in [0.15, 0.2) is 5.76 Å². The normalized spacial score (nSPS) is 11.4. The van der Waals surface area contributed by atoms with Crippen molar-refractivity contribution in [1.82, 2.24) is 9.78 Å². The third-order valence-corrected chi connectivity index (χ3v) is 4.92. The molecule has 2 aromatic heterocycles. The van der Waals surface area contributed by atoms with Gasteiger partial charge in [0.25, 0.3) is 0 Å². The Morgan fingerprint density at radius 2 is 1.74 bits per heavy atom. The van der Waals surface area contributed by atoms with E-state index in [0.717, 1.165) is 39.4 Å². The molecule has 31 heavy (non-hydrogen) atoms. The molecule has 5 aromatic rings. The standard InChI is InChI=1S/C26H21N3O2/c1-2-30-23-14-12-21(13-15-23)27-17-20-18-29(22-9-4-3-5-10-22)28-26(20)25-16-19-8-6-7-11-24(19)31-25/h3-18H,2H2,1H3. The van der Waals surface area contributed by atoms with Crippen molar-refractivity contribution in [3.8, 4) is 22.9 Å². The van der Waals surface area contributed by atoms with E-state index < -0.39 is 0 Å². The molecule has 152 valence electrons. The van der Waals surface area contributed by atoms with Crippen LogP contribution in [-0.2, 0) is 0 Å². The minimum Gasteiger partial charge on any atom is -0.494 e. The average molecular weight is 407 g/mol. The first-order valence-corrected chi connectivity index (χ1v) is 10.2. The van der Waals surface area contributed by atoms with E-state index in [4.69, 9.17) is 14.3 Å². The number of nitrogens with zero attached hydrogens (tertiary/aromatic N) is 3. The number of ether oxygens (including phenoxy) is 1. The van der Waals surface area contributed by atoms with Gasteiger partial charge >= 0.3 is 0 Å².